The molecule has 0 saturated heterocycles. The summed E-state index contributed by atoms with van der Waals surface area (Å²) in [5, 5.41) is 14.8. The number of H-pyrrole nitrogens is 1. The number of anilines is 1. The van der Waals surface area contributed by atoms with E-state index in [4.69, 9.17) is 9.84 Å². The smallest absolute Gasteiger partial charge is 0.221 e. The molecule has 1 aromatic carbocycles. The van der Waals surface area contributed by atoms with Crippen molar-refractivity contribution in [3.05, 3.63) is 46.9 Å². The molecule has 0 atom stereocenters. The van der Waals surface area contributed by atoms with E-state index < -0.39 is 0 Å². The molecule has 1 amide bonds. The maximum Gasteiger partial charge on any atom is 0.221 e. The molecular formula is C18H19N5O2. The van der Waals surface area contributed by atoms with E-state index in [1.165, 1.54) is 6.92 Å². The predicted molar refractivity (Wildman–Crippen MR) is 93.5 cm³/mol. The van der Waals surface area contributed by atoms with E-state index in [0.717, 1.165) is 45.3 Å². The first-order valence-electron chi connectivity index (χ1n) is 8.13. The zero-order valence-electron chi connectivity index (χ0n) is 14.4. The first-order valence-corrected chi connectivity index (χ1v) is 8.13. The fraction of sp³-hybridized carbons (Fsp3) is 0.278. The van der Waals surface area contributed by atoms with Crippen molar-refractivity contribution in [2.75, 3.05) is 5.32 Å². The number of hydrogen-bond acceptors (Lipinski definition) is 4. The van der Waals surface area contributed by atoms with Crippen molar-refractivity contribution in [1.82, 2.24) is 20.0 Å². The van der Waals surface area contributed by atoms with Crippen molar-refractivity contribution < 1.29 is 9.53 Å². The fourth-order valence-corrected chi connectivity index (χ4v) is 3.17. The maximum absolute atomic E-state index is 11.2. The standard InChI is InChI=1S/C18H19N5O2/c1-10-18(11(2)21-20-10)16-7-15-9-25-17-6-14(19-12(3)24)5-4-13(17)8-23(15)22-16/h4-7H,8-9H2,1-3H3,(H,19,24)(H,20,21). The van der Waals surface area contributed by atoms with E-state index in [1.807, 2.05) is 42.8 Å². The van der Waals surface area contributed by atoms with Gasteiger partial charge in [0.05, 0.1) is 23.6 Å². The molecule has 7 heteroatoms. The van der Waals surface area contributed by atoms with E-state index in [1.54, 1.807) is 0 Å². The summed E-state index contributed by atoms with van der Waals surface area (Å²) in [6, 6.07) is 7.74. The SMILES string of the molecule is CC(=O)Nc1ccc2c(c1)OCc1cc(-c3c(C)n[nH]c3C)nn1C2. The first kappa shape index (κ1) is 15.4. The fourth-order valence-electron chi connectivity index (χ4n) is 3.17. The Morgan fingerprint density at radius 1 is 1.32 bits per heavy atom. The van der Waals surface area contributed by atoms with Gasteiger partial charge in [0.15, 0.2) is 0 Å². The Labute approximate surface area is 145 Å². The molecule has 2 N–H and O–H groups in total. The lowest BCUT2D eigenvalue weighted by Gasteiger charge is -2.09. The zero-order chi connectivity index (χ0) is 17.6. The van der Waals surface area contributed by atoms with Crippen LogP contribution in [0.1, 0.15) is 29.6 Å². The summed E-state index contributed by atoms with van der Waals surface area (Å²) in [4.78, 5) is 11.2. The Kier molecular flexibility index (Phi) is 3.56. The number of nitrogens with zero attached hydrogens (tertiary/aromatic N) is 3. The van der Waals surface area contributed by atoms with Crippen LogP contribution in [0.4, 0.5) is 5.69 Å². The number of ether oxygens (including phenoxy) is 1. The van der Waals surface area contributed by atoms with Crippen molar-refractivity contribution >= 4 is 11.6 Å². The van der Waals surface area contributed by atoms with Gasteiger partial charge < -0.3 is 10.1 Å². The number of aromatic amines is 1. The second-order valence-corrected chi connectivity index (χ2v) is 6.28. The molecule has 0 fully saturated rings. The number of benzene rings is 1. The van der Waals surface area contributed by atoms with Gasteiger partial charge in [-0.25, -0.2) is 0 Å². The van der Waals surface area contributed by atoms with Crippen LogP contribution in [0, 0.1) is 13.8 Å². The molecule has 25 heavy (non-hydrogen) atoms. The molecule has 1 aliphatic heterocycles. The third kappa shape index (κ3) is 2.77. The largest absolute Gasteiger partial charge is 0.487 e. The lowest BCUT2D eigenvalue weighted by Crippen LogP contribution is -2.06. The van der Waals surface area contributed by atoms with Gasteiger partial charge in [0, 0.05) is 35.5 Å². The van der Waals surface area contributed by atoms with Crippen LogP contribution in [-0.2, 0) is 17.9 Å². The summed E-state index contributed by atoms with van der Waals surface area (Å²) in [5.41, 5.74) is 6.66. The zero-order valence-corrected chi connectivity index (χ0v) is 14.4. The highest BCUT2D eigenvalue weighted by molar-refractivity contribution is 5.88. The average molecular weight is 337 g/mol. The summed E-state index contributed by atoms with van der Waals surface area (Å²) in [7, 11) is 0. The van der Waals surface area contributed by atoms with Crippen molar-refractivity contribution in [2.45, 2.75) is 33.9 Å². The van der Waals surface area contributed by atoms with Crippen LogP contribution in [0.15, 0.2) is 24.3 Å². The molecule has 0 spiro atoms. The monoisotopic (exact) mass is 337 g/mol. The molecule has 0 unspecified atom stereocenters. The van der Waals surface area contributed by atoms with Crippen LogP contribution in [0.2, 0.25) is 0 Å². The van der Waals surface area contributed by atoms with Gasteiger partial charge in [-0.15, -0.1) is 0 Å². The van der Waals surface area contributed by atoms with E-state index in [-0.39, 0.29) is 5.91 Å². The summed E-state index contributed by atoms with van der Waals surface area (Å²) in [5.74, 6) is 0.672. The molecule has 3 aromatic rings. The Morgan fingerprint density at radius 3 is 2.88 bits per heavy atom. The molecule has 7 nitrogen and oxygen atoms in total. The minimum absolute atomic E-state index is 0.100. The molecule has 0 aliphatic carbocycles. The molecular weight excluding hydrogens is 318 g/mol. The van der Waals surface area contributed by atoms with E-state index >= 15 is 0 Å². The van der Waals surface area contributed by atoms with Crippen LogP contribution in [0.5, 0.6) is 5.75 Å². The summed E-state index contributed by atoms with van der Waals surface area (Å²) >= 11 is 0. The number of hydrogen-bond donors (Lipinski definition) is 2. The van der Waals surface area contributed by atoms with Crippen LogP contribution in [0.25, 0.3) is 11.3 Å². The molecule has 0 radical (unpaired) electrons. The highest BCUT2D eigenvalue weighted by Crippen LogP contribution is 2.31. The van der Waals surface area contributed by atoms with E-state index in [0.29, 0.717) is 13.2 Å². The maximum atomic E-state index is 11.2. The number of rotatable bonds is 2. The van der Waals surface area contributed by atoms with Gasteiger partial charge in [-0.3, -0.25) is 14.6 Å². The van der Waals surface area contributed by atoms with Crippen molar-refractivity contribution in [1.29, 1.82) is 0 Å². The lowest BCUT2D eigenvalue weighted by molar-refractivity contribution is -0.114. The van der Waals surface area contributed by atoms with Gasteiger partial charge in [0.1, 0.15) is 12.4 Å². The number of carbonyl (C=O) groups is 1. The molecule has 2 aromatic heterocycles. The van der Waals surface area contributed by atoms with Gasteiger partial charge >= 0.3 is 0 Å². The van der Waals surface area contributed by atoms with Crippen LogP contribution >= 0.6 is 0 Å². The predicted octanol–water partition coefficient (Wildman–Crippen LogP) is 2.79. The number of nitrogens with one attached hydrogen (secondary N) is 2. The highest BCUT2D eigenvalue weighted by atomic mass is 16.5. The van der Waals surface area contributed by atoms with Gasteiger partial charge in [-0.2, -0.15) is 10.2 Å². The molecule has 0 saturated carbocycles. The minimum Gasteiger partial charge on any atom is -0.487 e. The summed E-state index contributed by atoms with van der Waals surface area (Å²) in [6.07, 6.45) is 0. The summed E-state index contributed by atoms with van der Waals surface area (Å²) < 4.78 is 7.92. The van der Waals surface area contributed by atoms with Gasteiger partial charge in [-0.1, -0.05) is 6.07 Å². The Balaban J connectivity index is 1.68. The number of aromatic nitrogens is 4. The first-order chi connectivity index (χ1) is 12.0. The van der Waals surface area contributed by atoms with Gasteiger partial charge in [0.2, 0.25) is 5.91 Å². The second kappa shape index (κ2) is 5.77. The molecule has 3 heterocycles. The van der Waals surface area contributed by atoms with Gasteiger partial charge in [0.25, 0.3) is 0 Å². The third-order valence-electron chi connectivity index (χ3n) is 4.33. The third-order valence-corrected chi connectivity index (χ3v) is 4.33. The number of carbonyl (C=O) groups excluding carboxylic acids is 1. The van der Waals surface area contributed by atoms with Crippen LogP contribution in [-0.4, -0.2) is 25.9 Å². The quantitative estimate of drug-likeness (QED) is 0.753. The van der Waals surface area contributed by atoms with Crippen molar-refractivity contribution in [3.63, 3.8) is 0 Å². The lowest BCUT2D eigenvalue weighted by atomic mass is 10.1. The number of amides is 1. The highest BCUT2D eigenvalue weighted by Gasteiger charge is 2.20. The van der Waals surface area contributed by atoms with Gasteiger partial charge in [-0.05, 0) is 26.0 Å². The minimum atomic E-state index is -0.100. The molecule has 4 rings (SSSR count). The second-order valence-electron chi connectivity index (χ2n) is 6.28. The molecule has 1 aliphatic rings. The molecule has 0 bridgehead atoms. The van der Waals surface area contributed by atoms with E-state index in [9.17, 15) is 4.79 Å². The van der Waals surface area contributed by atoms with E-state index in [2.05, 4.69) is 15.5 Å². The number of aryl methyl sites for hydroxylation is 2. The number of fused-ring (bicyclic) bond motifs is 2. The Hall–Kier alpha value is -3.09. The Morgan fingerprint density at radius 2 is 2.16 bits per heavy atom. The van der Waals surface area contributed by atoms with Crippen molar-refractivity contribution in [3.8, 4) is 17.0 Å². The molecule has 128 valence electrons. The summed E-state index contributed by atoms with van der Waals surface area (Å²) in [6.45, 7) is 6.51. The topological polar surface area (TPSA) is 84.8 Å². The van der Waals surface area contributed by atoms with Crippen LogP contribution in [0.3, 0.4) is 0 Å². The average Bonchev–Trinajstić information content (AvgIpc) is 3.04. The van der Waals surface area contributed by atoms with Crippen LogP contribution < -0.4 is 10.1 Å². The Bertz CT molecular complexity index is 951. The van der Waals surface area contributed by atoms with Crippen molar-refractivity contribution in [2.24, 2.45) is 0 Å². The normalized spacial score (nSPS) is 12.8.